The summed E-state index contributed by atoms with van der Waals surface area (Å²) in [7, 11) is 0. The molecule has 0 aliphatic heterocycles. The predicted octanol–water partition coefficient (Wildman–Crippen LogP) is 4.79. The third kappa shape index (κ3) is 4.39. The second-order valence-corrected chi connectivity index (χ2v) is 8.21. The normalized spacial score (nSPS) is 12.3. The van der Waals surface area contributed by atoms with E-state index in [1.165, 1.54) is 16.0 Å². The first-order valence-electron chi connectivity index (χ1n) is 9.07. The molecule has 27 heavy (non-hydrogen) atoms. The molecule has 7 heteroatoms. The van der Waals surface area contributed by atoms with Crippen molar-refractivity contribution in [2.45, 2.75) is 45.7 Å². The van der Waals surface area contributed by atoms with Crippen molar-refractivity contribution in [3.63, 3.8) is 0 Å². The second kappa shape index (κ2) is 8.67. The lowest BCUT2D eigenvalue weighted by Crippen LogP contribution is -2.32. The van der Waals surface area contributed by atoms with Gasteiger partial charge in [-0.15, -0.1) is 11.3 Å². The fourth-order valence-corrected chi connectivity index (χ4v) is 4.03. The Labute approximate surface area is 167 Å². The lowest BCUT2D eigenvalue weighted by molar-refractivity contribution is 0.0935. The van der Waals surface area contributed by atoms with E-state index < -0.39 is 0 Å². The zero-order valence-electron chi connectivity index (χ0n) is 15.4. The molecule has 0 radical (unpaired) electrons. The zero-order valence-corrected chi connectivity index (χ0v) is 16.9. The monoisotopic (exact) mass is 403 g/mol. The van der Waals surface area contributed by atoms with Crippen LogP contribution in [0.5, 0.6) is 0 Å². The number of carbonyl (C=O) groups is 1. The molecule has 2 heterocycles. The number of hydrogen-bond donors (Lipinski definition) is 1. The summed E-state index contributed by atoms with van der Waals surface area (Å²) in [6.45, 7) is 4.51. The summed E-state index contributed by atoms with van der Waals surface area (Å²) in [5, 5.41) is 8.45. The minimum absolute atomic E-state index is 0.156. The number of nitrogens with one attached hydrogen (secondary N) is 1. The number of aryl methyl sites for hydroxylation is 1. The van der Waals surface area contributed by atoms with E-state index >= 15 is 0 Å². The molecule has 0 aliphatic rings. The molecule has 0 fully saturated rings. The number of nitrogens with zero attached hydrogens (tertiary/aromatic N) is 2. The second-order valence-electron chi connectivity index (χ2n) is 6.47. The molecule has 1 atom stereocenters. The highest BCUT2D eigenvalue weighted by Crippen LogP contribution is 2.27. The third-order valence-corrected chi connectivity index (χ3v) is 5.84. The molecule has 0 saturated heterocycles. The molecule has 1 aromatic carbocycles. The molecule has 0 spiro atoms. The summed E-state index contributed by atoms with van der Waals surface area (Å²) in [4.78, 5) is 26.6. The van der Waals surface area contributed by atoms with Crippen molar-refractivity contribution in [1.82, 2.24) is 15.1 Å². The molecule has 0 saturated carbocycles. The van der Waals surface area contributed by atoms with Crippen LogP contribution in [0.25, 0.3) is 10.8 Å². The van der Waals surface area contributed by atoms with Gasteiger partial charge in [-0.1, -0.05) is 49.6 Å². The number of thiophene rings is 1. The Hall–Kier alpha value is -2.18. The van der Waals surface area contributed by atoms with Gasteiger partial charge in [0.1, 0.15) is 0 Å². The van der Waals surface area contributed by atoms with Crippen LogP contribution < -0.4 is 10.9 Å². The van der Waals surface area contributed by atoms with Crippen LogP contribution in [0.1, 0.15) is 54.5 Å². The van der Waals surface area contributed by atoms with Crippen LogP contribution in [-0.2, 0) is 6.54 Å². The number of fused-ring (bicyclic) bond motifs is 1. The van der Waals surface area contributed by atoms with Gasteiger partial charge in [-0.25, -0.2) is 4.68 Å². The molecular formula is C20H22ClN3O2S. The Morgan fingerprint density at radius 2 is 1.96 bits per heavy atom. The van der Waals surface area contributed by atoms with E-state index in [-0.39, 0.29) is 23.2 Å². The van der Waals surface area contributed by atoms with Crippen molar-refractivity contribution in [1.29, 1.82) is 0 Å². The Morgan fingerprint density at radius 3 is 2.63 bits per heavy atom. The van der Waals surface area contributed by atoms with Crippen molar-refractivity contribution in [3.8, 4) is 0 Å². The Morgan fingerprint density at radius 1 is 1.22 bits per heavy atom. The number of hydrogen-bond acceptors (Lipinski definition) is 4. The van der Waals surface area contributed by atoms with Crippen LogP contribution in [0.2, 0.25) is 4.34 Å². The SMILES string of the molecule is CCCCCn1nc(C(=O)NC(C)c2ccc(Cl)s2)c2ccccc2c1=O. The fourth-order valence-electron chi connectivity index (χ4n) is 2.96. The highest BCUT2D eigenvalue weighted by Gasteiger charge is 2.19. The summed E-state index contributed by atoms with van der Waals surface area (Å²) in [6.07, 6.45) is 2.92. The molecule has 0 bridgehead atoms. The fraction of sp³-hybridized carbons (Fsp3) is 0.350. The number of halogens is 1. The van der Waals surface area contributed by atoms with Gasteiger partial charge >= 0.3 is 0 Å². The van der Waals surface area contributed by atoms with Gasteiger partial charge in [0.05, 0.1) is 15.8 Å². The van der Waals surface area contributed by atoms with Gasteiger partial charge in [0.25, 0.3) is 11.5 Å². The Kier molecular flexibility index (Phi) is 6.29. The van der Waals surface area contributed by atoms with Crippen molar-refractivity contribution >= 4 is 39.6 Å². The minimum Gasteiger partial charge on any atom is -0.343 e. The first-order valence-corrected chi connectivity index (χ1v) is 10.3. The number of rotatable bonds is 7. The molecule has 1 N–H and O–H groups in total. The van der Waals surface area contributed by atoms with Gasteiger partial charge in [0, 0.05) is 16.8 Å². The summed E-state index contributed by atoms with van der Waals surface area (Å²) in [6, 6.07) is 10.6. The van der Waals surface area contributed by atoms with E-state index in [1.54, 1.807) is 18.2 Å². The highest BCUT2D eigenvalue weighted by molar-refractivity contribution is 7.16. The first-order chi connectivity index (χ1) is 13.0. The van der Waals surface area contributed by atoms with Gasteiger partial charge in [-0.05, 0) is 31.5 Å². The van der Waals surface area contributed by atoms with Gasteiger partial charge < -0.3 is 5.32 Å². The molecule has 3 rings (SSSR count). The average molecular weight is 404 g/mol. The molecule has 0 aliphatic carbocycles. The van der Waals surface area contributed by atoms with Crippen LogP contribution >= 0.6 is 22.9 Å². The molecule has 3 aromatic rings. The predicted molar refractivity (Wildman–Crippen MR) is 111 cm³/mol. The maximum Gasteiger partial charge on any atom is 0.274 e. The third-order valence-electron chi connectivity index (χ3n) is 4.42. The largest absolute Gasteiger partial charge is 0.343 e. The standard InChI is InChI=1S/C20H22ClN3O2S/c1-3-4-7-12-24-20(26)15-9-6-5-8-14(15)18(23-24)19(25)22-13(2)16-10-11-17(21)27-16/h5-6,8-11,13H,3-4,7,12H2,1-2H3,(H,22,25). The molecule has 142 valence electrons. The van der Waals surface area contributed by atoms with E-state index in [1.807, 2.05) is 25.1 Å². The van der Waals surface area contributed by atoms with E-state index in [0.717, 1.165) is 24.1 Å². The lowest BCUT2D eigenvalue weighted by atomic mass is 10.1. The van der Waals surface area contributed by atoms with Crippen molar-refractivity contribution < 1.29 is 4.79 Å². The number of benzene rings is 1. The zero-order chi connectivity index (χ0) is 19.4. The van der Waals surface area contributed by atoms with Crippen LogP contribution in [0.15, 0.2) is 41.2 Å². The lowest BCUT2D eigenvalue weighted by Gasteiger charge is -2.14. The van der Waals surface area contributed by atoms with Gasteiger partial charge in [-0.2, -0.15) is 5.10 Å². The summed E-state index contributed by atoms with van der Waals surface area (Å²) >= 11 is 7.42. The van der Waals surface area contributed by atoms with E-state index in [2.05, 4.69) is 17.3 Å². The Balaban J connectivity index is 1.95. The topological polar surface area (TPSA) is 64.0 Å². The molecule has 5 nitrogen and oxygen atoms in total. The summed E-state index contributed by atoms with van der Waals surface area (Å²) in [5.41, 5.74) is 0.118. The van der Waals surface area contributed by atoms with E-state index in [9.17, 15) is 9.59 Å². The highest BCUT2D eigenvalue weighted by atomic mass is 35.5. The maximum absolute atomic E-state index is 12.9. The first kappa shape index (κ1) is 19.6. The molecular weight excluding hydrogens is 382 g/mol. The molecule has 1 unspecified atom stereocenters. The van der Waals surface area contributed by atoms with Crippen LogP contribution in [0, 0.1) is 0 Å². The number of amides is 1. The van der Waals surface area contributed by atoms with Crippen molar-refractivity contribution in [2.24, 2.45) is 0 Å². The summed E-state index contributed by atoms with van der Waals surface area (Å²) < 4.78 is 2.10. The minimum atomic E-state index is -0.299. The average Bonchev–Trinajstić information content (AvgIpc) is 3.10. The van der Waals surface area contributed by atoms with Crippen LogP contribution in [0.3, 0.4) is 0 Å². The number of unbranched alkanes of at least 4 members (excludes halogenated alkanes) is 2. The maximum atomic E-state index is 12.9. The Bertz CT molecular complexity index is 1010. The van der Waals surface area contributed by atoms with Crippen molar-refractivity contribution in [2.75, 3.05) is 0 Å². The molecule has 2 aromatic heterocycles. The number of carbonyl (C=O) groups excluding carboxylic acids is 1. The quantitative estimate of drug-likeness (QED) is 0.576. The van der Waals surface area contributed by atoms with Crippen LogP contribution in [-0.4, -0.2) is 15.7 Å². The smallest absolute Gasteiger partial charge is 0.274 e. The van der Waals surface area contributed by atoms with Gasteiger partial charge in [0.15, 0.2) is 5.69 Å². The van der Waals surface area contributed by atoms with Gasteiger partial charge in [-0.3, -0.25) is 9.59 Å². The van der Waals surface area contributed by atoms with E-state index in [0.29, 0.717) is 21.7 Å². The van der Waals surface area contributed by atoms with E-state index in [4.69, 9.17) is 11.6 Å². The summed E-state index contributed by atoms with van der Waals surface area (Å²) in [5.74, 6) is -0.299. The van der Waals surface area contributed by atoms with Crippen LogP contribution in [0.4, 0.5) is 0 Å². The van der Waals surface area contributed by atoms with Crippen molar-refractivity contribution in [3.05, 3.63) is 61.7 Å². The number of aromatic nitrogens is 2. The molecule has 1 amide bonds. The van der Waals surface area contributed by atoms with Gasteiger partial charge in [0.2, 0.25) is 0 Å².